The van der Waals surface area contributed by atoms with E-state index in [0.29, 0.717) is 6.04 Å². The summed E-state index contributed by atoms with van der Waals surface area (Å²) >= 11 is 1.82. The van der Waals surface area contributed by atoms with Gasteiger partial charge in [0.05, 0.1) is 0 Å². The summed E-state index contributed by atoms with van der Waals surface area (Å²) in [4.78, 5) is 1.38. The topological polar surface area (TPSA) is 12.0 Å². The van der Waals surface area contributed by atoms with Crippen LogP contribution in [0.25, 0.3) is 0 Å². The van der Waals surface area contributed by atoms with E-state index in [2.05, 4.69) is 37.2 Å². The van der Waals surface area contributed by atoms with E-state index in [9.17, 15) is 0 Å². The summed E-state index contributed by atoms with van der Waals surface area (Å²) in [5.41, 5.74) is 1.40. The molecule has 14 heavy (non-hydrogen) atoms. The van der Waals surface area contributed by atoms with E-state index in [0.717, 1.165) is 13.0 Å². The van der Waals surface area contributed by atoms with Crippen molar-refractivity contribution in [2.24, 2.45) is 0 Å². The van der Waals surface area contributed by atoms with Crippen LogP contribution in [0.1, 0.15) is 36.2 Å². The highest BCUT2D eigenvalue weighted by Crippen LogP contribution is 2.22. The third kappa shape index (κ3) is 3.28. The molecule has 0 bridgehead atoms. The maximum absolute atomic E-state index is 3.80. The van der Waals surface area contributed by atoms with Crippen LogP contribution in [0.2, 0.25) is 0 Å². The van der Waals surface area contributed by atoms with Crippen LogP contribution >= 0.6 is 11.3 Å². The molecule has 0 fully saturated rings. The molecular weight excluding hydrogens is 190 g/mol. The maximum Gasteiger partial charge on any atom is 0.0363 e. The normalized spacial score (nSPS) is 12.7. The van der Waals surface area contributed by atoms with Crippen LogP contribution in [0.15, 0.2) is 24.1 Å². The third-order valence-electron chi connectivity index (χ3n) is 2.20. The minimum atomic E-state index is 0.456. The van der Waals surface area contributed by atoms with Gasteiger partial charge in [-0.3, -0.25) is 0 Å². The molecule has 1 aromatic rings. The van der Waals surface area contributed by atoms with Crippen molar-refractivity contribution in [3.05, 3.63) is 34.5 Å². The molecule has 78 valence electrons. The number of rotatable bonds is 6. The highest BCUT2D eigenvalue weighted by atomic mass is 32.1. The SMILES string of the molecule is C=CCC(NCCC)c1csc(C)c1. The number of hydrogen-bond donors (Lipinski definition) is 1. The van der Waals surface area contributed by atoms with Gasteiger partial charge < -0.3 is 5.32 Å². The van der Waals surface area contributed by atoms with Crippen molar-refractivity contribution in [2.75, 3.05) is 6.54 Å². The Kier molecular flexibility index (Phi) is 4.91. The summed E-state index contributed by atoms with van der Waals surface area (Å²) in [5.74, 6) is 0. The summed E-state index contributed by atoms with van der Waals surface area (Å²) in [6, 6.07) is 2.72. The molecule has 0 radical (unpaired) electrons. The standard InChI is InChI=1S/C12H19NS/c1-4-6-12(13-7-5-2)11-8-10(3)14-9-11/h4,8-9,12-13H,1,5-7H2,2-3H3. The molecule has 0 saturated heterocycles. The van der Waals surface area contributed by atoms with Gasteiger partial charge in [-0.1, -0.05) is 13.0 Å². The molecule has 0 aliphatic heterocycles. The van der Waals surface area contributed by atoms with Gasteiger partial charge in [0.25, 0.3) is 0 Å². The predicted molar refractivity (Wildman–Crippen MR) is 64.9 cm³/mol. The second-order valence-corrected chi connectivity index (χ2v) is 4.64. The summed E-state index contributed by atoms with van der Waals surface area (Å²) in [6.07, 6.45) is 4.17. The molecule has 1 N–H and O–H groups in total. The summed E-state index contributed by atoms with van der Waals surface area (Å²) in [7, 11) is 0. The maximum atomic E-state index is 3.80. The molecule has 1 unspecified atom stereocenters. The second-order valence-electron chi connectivity index (χ2n) is 3.52. The molecule has 1 nitrogen and oxygen atoms in total. The highest BCUT2D eigenvalue weighted by Gasteiger charge is 2.09. The molecule has 1 heterocycles. The van der Waals surface area contributed by atoms with Gasteiger partial charge in [0.15, 0.2) is 0 Å². The van der Waals surface area contributed by atoms with Gasteiger partial charge in [-0.15, -0.1) is 17.9 Å². The molecule has 1 atom stereocenters. The second kappa shape index (κ2) is 5.99. The van der Waals surface area contributed by atoms with Crippen molar-refractivity contribution in [3.63, 3.8) is 0 Å². The largest absolute Gasteiger partial charge is 0.310 e. The fourth-order valence-corrected chi connectivity index (χ4v) is 2.23. The Hall–Kier alpha value is -0.600. The van der Waals surface area contributed by atoms with Crippen LogP contribution in [0.4, 0.5) is 0 Å². The Labute approximate surface area is 90.9 Å². The van der Waals surface area contributed by atoms with Crippen LogP contribution in [-0.4, -0.2) is 6.54 Å². The van der Waals surface area contributed by atoms with Crippen LogP contribution in [0.3, 0.4) is 0 Å². The summed E-state index contributed by atoms with van der Waals surface area (Å²) < 4.78 is 0. The van der Waals surface area contributed by atoms with E-state index >= 15 is 0 Å². The average Bonchev–Trinajstić information content (AvgIpc) is 2.59. The van der Waals surface area contributed by atoms with Crippen molar-refractivity contribution in [1.82, 2.24) is 5.32 Å². The van der Waals surface area contributed by atoms with Crippen molar-refractivity contribution < 1.29 is 0 Å². The molecule has 0 amide bonds. The summed E-state index contributed by atoms with van der Waals surface area (Å²) in [5, 5.41) is 5.78. The first-order valence-corrected chi connectivity index (χ1v) is 6.05. The zero-order chi connectivity index (χ0) is 10.4. The van der Waals surface area contributed by atoms with E-state index < -0.39 is 0 Å². The molecule has 1 rings (SSSR count). The monoisotopic (exact) mass is 209 g/mol. The predicted octanol–water partition coefficient (Wildman–Crippen LogP) is 3.67. The molecule has 1 aromatic heterocycles. The first kappa shape index (κ1) is 11.5. The number of hydrogen-bond acceptors (Lipinski definition) is 2. The molecule has 0 saturated carbocycles. The van der Waals surface area contributed by atoms with Crippen LogP contribution in [0.5, 0.6) is 0 Å². The van der Waals surface area contributed by atoms with E-state index in [1.54, 1.807) is 0 Å². The molecule has 0 aliphatic rings. The quantitative estimate of drug-likeness (QED) is 0.705. The molecule has 0 aliphatic carbocycles. The minimum Gasteiger partial charge on any atom is -0.310 e. The fraction of sp³-hybridized carbons (Fsp3) is 0.500. The van der Waals surface area contributed by atoms with E-state index in [4.69, 9.17) is 0 Å². The van der Waals surface area contributed by atoms with E-state index in [1.165, 1.54) is 16.9 Å². The lowest BCUT2D eigenvalue weighted by molar-refractivity contribution is 0.538. The van der Waals surface area contributed by atoms with Crippen molar-refractivity contribution in [1.29, 1.82) is 0 Å². The van der Waals surface area contributed by atoms with Gasteiger partial charge in [0, 0.05) is 10.9 Å². The van der Waals surface area contributed by atoms with Crippen molar-refractivity contribution >= 4 is 11.3 Å². The van der Waals surface area contributed by atoms with Crippen LogP contribution in [0, 0.1) is 6.92 Å². The fourth-order valence-electron chi connectivity index (χ4n) is 1.47. The average molecular weight is 209 g/mol. The number of thiophene rings is 1. The van der Waals surface area contributed by atoms with Crippen molar-refractivity contribution in [3.8, 4) is 0 Å². The lowest BCUT2D eigenvalue weighted by Crippen LogP contribution is -2.21. The smallest absolute Gasteiger partial charge is 0.0363 e. The third-order valence-corrected chi connectivity index (χ3v) is 3.08. The van der Waals surface area contributed by atoms with Gasteiger partial charge in [0.2, 0.25) is 0 Å². The Bertz CT molecular complexity index is 278. The highest BCUT2D eigenvalue weighted by molar-refractivity contribution is 7.10. The minimum absolute atomic E-state index is 0.456. The Morgan fingerprint density at radius 2 is 2.43 bits per heavy atom. The van der Waals surface area contributed by atoms with Gasteiger partial charge in [-0.05, 0) is 43.3 Å². The Morgan fingerprint density at radius 3 is 2.93 bits per heavy atom. The van der Waals surface area contributed by atoms with Gasteiger partial charge in [0.1, 0.15) is 0 Å². The first-order chi connectivity index (χ1) is 6.77. The van der Waals surface area contributed by atoms with Gasteiger partial charge >= 0.3 is 0 Å². The van der Waals surface area contributed by atoms with Crippen LogP contribution in [-0.2, 0) is 0 Å². The molecular formula is C12H19NS. The van der Waals surface area contributed by atoms with Crippen LogP contribution < -0.4 is 5.32 Å². The Morgan fingerprint density at radius 1 is 1.64 bits per heavy atom. The lowest BCUT2D eigenvalue weighted by Gasteiger charge is -2.15. The number of aryl methyl sites for hydroxylation is 1. The summed E-state index contributed by atoms with van der Waals surface area (Å²) in [6.45, 7) is 9.22. The molecule has 2 heteroatoms. The zero-order valence-corrected chi connectivity index (χ0v) is 9.86. The van der Waals surface area contributed by atoms with Gasteiger partial charge in [-0.25, -0.2) is 0 Å². The zero-order valence-electron chi connectivity index (χ0n) is 9.05. The Balaban J connectivity index is 2.61. The lowest BCUT2D eigenvalue weighted by atomic mass is 10.1. The first-order valence-electron chi connectivity index (χ1n) is 5.17. The van der Waals surface area contributed by atoms with E-state index in [1.807, 2.05) is 17.4 Å². The van der Waals surface area contributed by atoms with Crippen molar-refractivity contribution in [2.45, 2.75) is 32.7 Å². The molecule has 0 aromatic carbocycles. The number of nitrogens with one attached hydrogen (secondary N) is 1. The molecule has 0 spiro atoms. The van der Waals surface area contributed by atoms with E-state index in [-0.39, 0.29) is 0 Å². The van der Waals surface area contributed by atoms with Gasteiger partial charge in [-0.2, -0.15) is 0 Å².